The summed E-state index contributed by atoms with van der Waals surface area (Å²) in [6, 6.07) is 1.91. The van der Waals surface area contributed by atoms with Crippen LogP contribution in [0.5, 0.6) is 0 Å². The minimum absolute atomic E-state index is 0.0244. The predicted octanol–water partition coefficient (Wildman–Crippen LogP) is 2.61. The summed E-state index contributed by atoms with van der Waals surface area (Å²) >= 11 is 0. The van der Waals surface area contributed by atoms with Crippen molar-refractivity contribution in [3.63, 3.8) is 0 Å². The Morgan fingerprint density at radius 2 is 1.82 bits per heavy atom. The van der Waals surface area contributed by atoms with Gasteiger partial charge in [-0.15, -0.1) is 0 Å². The number of nitrogens with one attached hydrogen (secondary N) is 1. The first-order chi connectivity index (χ1) is 7.97. The van der Waals surface area contributed by atoms with Crippen molar-refractivity contribution in [2.24, 2.45) is 0 Å². The molecule has 1 fully saturated rings. The highest BCUT2D eigenvalue weighted by atomic mass is 19.2. The summed E-state index contributed by atoms with van der Waals surface area (Å²) < 4.78 is 39.1. The lowest BCUT2D eigenvalue weighted by Crippen LogP contribution is -2.25. The smallest absolute Gasteiger partial charge is 0.161 e. The molecule has 0 bridgehead atoms. The van der Waals surface area contributed by atoms with Crippen LogP contribution in [-0.4, -0.2) is 30.6 Å². The fourth-order valence-corrected chi connectivity index (χ4v) is 2.15. The number of rotatable bonds is 2. The van der Waals surface area contributed by atoms with Crippen molar-refractivity contribution in [3.05, 3.63) is 29.6 Å². The Bertz CT molecular complexity index is 412. The van der Waals surface area contributed by atoms with Crippen LogP contribution in [0.2, 0.25) is 0 Å². The van der Waals surface area contributed by atoms with Crippen LogP contribution in [0, 0.1) is 17.5 Å². The van der Waals surface area contributed by atoms with Gasteiger partial charge < -0.3 is 10.2 Å². The molecular weight excluding hydrogens is 229 g/mol. The van der Waals surface area contributed by atoms with Crippen molar-refractivity contribution in [2.45, 2.75) is 25.4 Å². The number of halogens is 3. The Morgan fingerprint density at radius 1 is 1.18 bits per heavy atom. The summed E-state index contributed by atoms with van der Waals surface area (Å²) in [6.45, 7) is 2.84. The summed E-state index contributed by atoms with van der Waals surface area (Å²) in [5, 5.41) is 2.91. The third-order valence-electron chi connectivity index (χ3n) is 3.26. The number of hydrogen-bond donors (Lipinski definition) is 1. The van der Waals surface area contributed by atoms with Crippen LogP contribution in [0.25, 0.3) is 0 Å². The van der Waals surface area contributed by atoms with E-state index in [1.54, 1.807) is 0 Å². The average molecular weight is 244 g/mol. The molecule has 0 radical (unpaired) electrons. The molecule has 5 heteroatoms. The van der Waals surface area contributed by atoms with Gasteiger partial charge in [0.25, 0.3) is 0 Å². The van der Waals surface area contributed by atoms with Crippen molar-refractivity contribution < 1.29 is 13.2 Å². The van der Waals surface area contributed by atoms with Crippen molar-refractivity contribution in [1.29, 1.82) is 0 Å². The van der Waals surface area contributed by atoms with Crippen molar-refractivity contribution in [3.8, 4) is 0 Å². The van der Waals surface area contributed by atoms with Crippen LogP contribution in [0.15, 0.2) is 12.1 Å². The molecule has 1 aromatic rings. The predicted molar refractivity (Wildman–Crippen MR) is 60.4 cm³/mol. The van der Waals surface area contributed by atoms with Crippen molar-refractivity contribution in [2.75, 3.05) is 18.9 Å². The maximum atomic E-state index is 13.4. The van der Waals surface area contributed by atoms with Gasteiger partial charge in [0, 0.05) is 30.8 Å². The molecule has 2 atom stereocenters. The van der Waals surface area contributed by atoms with Gasteiger partial charge in [0.1, 0.15) is 5.82 Å². The molecule has 94 valence electrons. The first-order valence-corrected chi connectivity index (χ1v) is 5.58. The van der Waals surface area contributed by atoms with Crippen LogP contribution in [0.3, 0.4) is 0 Å². The molecule has 17 heavy (non-hydrogen) atoms. The first-order valence-electron chi connectivity index (χ1n) is 5.58. The van der Waals surface area contributed by atoms with Gasteiger partial charge in [-0.25, -0.2) is 13.2 Å². The lowest BCUT2D eigenvalue weighted by Gasteiger charge is -2.15. The Balaban J connectivity index is 2.12. The summed E-state index contributed by atoms with van der Waals surface area (Å²) in [7, 11) is 1.98. The Kier molecular flexibility index (Phi) is 3.28. The highest BCUT2D eigenvalue weighted by Gasteiger charge is 2.26. The molecule has 0 aromatic heterocycles. The Hall–Kier alpha value is -1.23. The zero-order chi connectivity index (χ0) is 12.6. The van der Waals surface area contributed by atoms with Gasteiger partial charge >= 0.3 is 0 Å². The van der Waals surface area contributed by atoms with Gasteiger partial charge in [0.05, 0.1) is 5.69 Å². The van der Waals surface area contributed by atoms with E-state index in [9.17, 15) is 13.2 Å². The van der Waals surface area contributed by atoms with Gasteiger partial charge in [-0.2, -0.15) is 0 Å². The van der Waals surface area contributed by atoms with Crippen LogP contribution in [0.1, 0.15) is 13.3 Å². The van der Waals surface area contributed by atoms with E-state index in [4.69, 9.17) is 0 Å². The summed E-state index contributed by atoms with van der Waals surface area (Å²) in [5.41, 5.74) is 0.0244. The molecule has 0 spiro atoms. The number of likely N-dealkylation sites (tertiary alicyclic amines) is 1. The van der Waals surface area contributed by atoms with E-state index < -0.39 is 17.5 Å². The first kappa shape index (κ1) is 12.2. The number of benzene rings is 1. The van der Waals surface area contributed by atoms with E-state index in [1.165, 1.54) is 0 Å². The summed E-state index contributed by atoms with van der Waals surface area (Å²) in [6.07, 6.45) is 0.856. The maximum Gasteiger partial charge on any atom is 0.161 e. The summed E-state index contributed by atoms with van der Waals surface area (Å²) in [5.74, 6) is -2.95. The molecule has 0 aliphatic carbocycles. The van der Waals surface area contributed by atoms with E-state index in [0.717, 1.165) is 19.0 Å². The average Bonchev–Trinajstić information content (AvgIpc) is 2.55. The van der Waals surface area contributed by atoms with Crippen molar-refractivity contribution in [1.82, 2.24) is 4.90 Å². The number of anilines is 1. The molecule has 0 amide bonds. The Labute approximate surface area is 98.4 Å². The van der Waals surface area contributed by atoms with Gasteiger partial charge in [0.2, 0.25) is 0 Å². The zero-order valence-electron chi connectivity index (χ0n) is 9.80. The molecule has 2 nitrogen and oxygen atoms in total. The summed E-state index contributed by atoms with van der Waals surface area (Å²) in [4.78, 5) is 2.13. The molecule has 1 aliphatic heterocycles. The van der Waals surface area contributed by atoms with Gasteiger partial charge in [-0.05, 0) is 20.4 Å². The molecule has 2 unspecified atom stereocenters. The van der Waals surface area contributed by atoms with Gasteiger partial charge in [-0.1, -0.05) is 0 Å². The zero-order valence-corrected chi connectivity index (χ0v) is 9.80. The lowest BCUT2D eigenvalue weighted by molar-refractivity contribution is 0.330. The highest BCUT2D eigenvalue weighted by molar-refractivity contribution is 5.46. The number of hydrogen-bond acceptors (Lipinski definition) is 2. The van der Waals surface area contributed by atoms with Gasteiger partial charge in [0.15, 0.2) is 11.6 Å². The van der Waals surface area contributed by atoms with E-state index in [-0.39, 0.29) is 11.7 Å². The molecule has 0 saturated carbocycles. The van der Waals surface area contributed by atoms with Crippen LogP contribution < -0.4 is 5.32 Å². The second-order valence-electron chi connectivity index (χ2n) is 4.61. The topological polar surface area (TPSA) is 15.3 Å². The second-order valence-corrected chi connectivity index (χ2v) is 4.61. The standard InChI is InChI=1S/C12H15F3N2/c1-7-3-8(6-17(7)2)16-12-5-10(14)9(13)4-11(12)15/h4-5,7-8,16H,3,6H2,1-2H3. The van der Waals surface area contributed by atoms with Gasteiger partial charge in [-0.3, -0.25) is 0 Å². The van der Waals surface area contributed by atoms with E-state index in [1.807, 2.05) is 7.05 Å². The number of nitrogens with zero attached hydrogens (tertiary/aromatic N) is 1. The third-order valence-corrected chi connectivity index (χ3v) is 3.26. The molecule has 1 aromatic carbocycles. The lowest BCUT2D eigenvalue weighted by atomic mass is 10.2. The van der Waals surface area contributed by atoms with E-state index in [0.29, 0.717) is 12.1 Å². The highest BCUT2D eigenvalue weighted by Crippen LogP contribution is 2.23. The van der Waals surface area contributed by atoms with E-state index in [2.05, 4.69) is 17.1 Å². The fourth-order valence-electron chi connectivity index (χ4n) is 2.15. The minimum Gasteiger partial charge on any atom is -0.379 e. The largest absolute Gasteiger partial charge is 0.379 e. The molecule has 1 N–H and O–H groups in total. The van der Waals surface area contributed by atoms with Crippen LogP contribution in [-0.2, 0) is 0 Å². The van der Waals surface area contributed by atoms with Crippen LogP contribution in [0.4, 0.5) is 18.9 Å². The minimum atomic E-state index is -1.16. The molecule has 2 rings (SSSR count). The quantitative estimate of drug-likeness (QED) is 0.804. The third kappa shape index (κ3) is 2.54. The van der Waals surface area contributed by atoms with E-state index >= 15 is 0 Å². The maximum absolute atomic E-state index is 13.4. The molecule has 1 aliphatic rings. The fraction of sp³-hybridized carbons (Fsp3) is 0.500. The van der Waals surface area contributed by atoms with Crippen LogP contribution >= 0.6 is 0 Å². The number of likely N-dealkylation sites (N-methyl/N-ethyl adjacent to an activating group) is 1. The molecular formula is C12H15F3N2. The van der Waals surface area contributed by atoms with Crippen molar-refractivity contribution >= 4 is 5.69 Å². The molecule has 1 saturated heterocycles. The Morgan fingerprint density at radius 3 is 2.41 bits per heavy atom. The second kappa shape index (κ2) is 4.56. The molecule has 1 heterocycles. The monoisotopic (exact) mass is 244 g/mol. The SMILES string of the molecule is CC1CC(Nc2cc(F)c(F)cc2F)CN1C. The normalized spacial score (nSPS) is 25.2.